The summed E-state index contributed by atoms with van der Waals surface area (Å²) in [6.45, 7) is 4.60. The predicted molar refractivity (Wildman–Crippen MR) is 98.9 cm³/mol. The number of hydrogen-bond donors (Lipinski definition) is 0. The quantitative estimate of drug-likeness (QED) is 0.788. The maximum absolute atomic E-state index is 12.5. The van der Waals surface area contributed by atoms with Gasteiger partial charge in [-0.15, -0.1) is 0 Å². The minimum absolute atomic E-state index is 0.0620. The van der Waals surface area contributed by atoms with Crippen LogP contribution in [-0.4, -0.2) is 67.5 Å². The molecule has 0 bridgehead atoms. The Labute approximate surface area is 160 Å². The normalized spacial score (nSPS) is 21.3. The maximum Gasteiger partial charge on any atom is 0.410 e. The number of carbonyl (C=O) groups is 2. The highest BCUT2D eigenvalue weighted by Crippen LogP contribution is 2.36. The highest BCUT2D eigenvalue weighted by molar-refractivity contribution is 5.75. The van der Waals surface area contributed by atoms with Gasteiger partial charge in [-0.25, -0.2) is 4.79 Å². The van der Waals surface area contributed by atoms with E-state index in [1.165, 1.54) is 0 Å². The van der Waals surface area contributed by atoms with Gasteiger partial charge in [0.2, 0.25) is 5.91 Å². The number of amides is 2. The average molecular weight is 376 g/mol. The van der Waals surface area contributed by atoms with Gasteiger partial charge in [0.05, 0.1) is 13.2 Å². The molecule has 0 saturated carbocycles. The van der Waals surface area contributed by atoms with E-state index in [1.54, 1.807) is 16.8 Å². The first-order valence-electron chi connectivity index (χ1n) is 9.51. The average Bonchev–Trinajstić information content (AvgIpc) is 3.17. The third kappa shape index (κ3) is 4.59. The van der Waals surface area contributed by atoms with Crippen LogP contribution in [0.5, 0.6) is 0 Å². The number of hydrogen-bond acceptors (Lipinski definition) is 5. The van der Waals surface area contributed by atoms with Crippen LogP contribution < -0.4 is 0 Å². The first-order valence-corrected chi connectivity index (χ1v) is 9.51. The van der Waals surface area contributed by atoms with Crippen LogP contribution in [0, 0.1) is 5.92 Å². The largest absolute Gasteiger partial charge is 0.445 e. The van der Waals surface area contributed by atoms with Crippen molar-refractivity contribution in [2.24, 2.45) is 5.92 Å². The van der Waals surface area contributed by atoms with E-state index in [9.17, 15) is 9.59 Å². The number of piperidine rings is 1. The maximum atomic E-state index is 12.5. The highest BCUT2D eigenvalue weighted by Gasteiger charge is 2.49. The minimum Gasteiger partial charge on any atom is -0.445 e. The summed E-state index contributed by atoms with van der Waals surface area (Å²) in [4.78, 5) is 27.9. The fraction of sp³-hybridized carbons (Fsp3) is 0.600. The molecule has 7 heteroatoms. The van der Waals surface area contributed by atoms with Crippen LogP contribution in [0.3, 0.4) is 0 Å². The molecule has 2 fully saturated rings. The molecular weight excluding hydrogens is 348 g/mol. The molecule has 2 amide bonds. The number of ether oxygens (including phenoxy) is 3. The molecule has 0 aromatic heterocycles. The molecular formula is C20H28N2O5. The zero-order valence-electron chi connectivity index (χ0n) is 16.1. The summed E-state index contributed by atoms with van der Waals surface area (Å²) < 4.78 is 17.3. The summed E-state index contributed by atoms with van der Waals surface area (Å²) >= 11 is 0. The van der Waals surface area contributed by atoms with E-state index >= 15 is 0 Å². The Bertz CT molecular complexity index is 645. The Morgan fingerprint density at radius 2 is 1.96 bits per heavy atom. The van der Waals surface area contributed by atoms with Crippen LogP contribution in [0.1, 0.15) is 25.3 Å². The van der Waals surface area contributed by atoms with Crippen molar-refractivity contribution in [1.82, 2.24) is 9.80 Å². The molecule has 27 heavy (non-hydrogen) atoms. The van der Waals surface area contributed by atoms with Crippen molar-refractivity contribution in [3.05, 3.63) is 35.9 Å². The molecule has 3 rings (SSSR count). The van der Waals surface area contributed by atoms with Crippen molar-refractivity contribution in [1.29, 1.82) is 0 Å². The van der Waals surface area contributed by atoms with Gasteiger partial charge in [0.1, 0.15) is 6.61 Å². The summed E-state index contributed by atoms with van der Waals surface area (Å²) in [5, 5.41) is 0. The number of rotatable bonds is 5. The van der Waals surface area contributed by atoms with E-state index in [2.05, 4.69) is 0 Å². The van der Waals surface area contributed by atoms with Crippen molar-refractivity contribution in [2.75, 3.05) is 39.9 Å². The monoisotopic (exact) mass is 376 g/mol. The smallest absolute Gasteiger partial charge is 0.410 e. The van der Waals surface area contributed by atoms with Crippen LogP contribution in [0.25, 0.3) is 0 Å². The first-order chi connectivity index (χ1) is 13.0. The molecule has 2 aliphatic heterocycles. The third-order valence-electron chi connectivity index (χ3n) is 5.25. The van der Waals surface area contributed by atoms with Crippen molar-refractivity contribution in [3.63, 3.8) is 0 Å². The van der Waals surface area contributed by atoms with E-state index in [4.69, 9.17) is 14.2 Å². The molecule has 2 aliphatic rings. The Hall–Kier alpha value is -2.12. The Morgan fingerprint density at radius 3 is 2.63 bits per heavy atom. The predicted octanol–water partition coefficient (Wildman–Crippen LogP) is 2.26. The van der Waals surface area contributed by atoms with Gasteiger partial charge in [0.15, 0.2) is 5.79 Å². The molecule has 1 aromatic carbocycles. The molecule has 1 aromatic rings. The molecule has 0 aliphatic carbocycles. The minimum atomic E-state index is -0.710. The van der Waals surface area contributed by atoms with Gasteiger partial charge in [-0.05, 0) is 5.56 Å². The van der Waals surface area contributed by atoms with E-state index in [0.29, 0.717) is 45.7 Å². The summed E-state index contributed by atoms with van der Waals surface area (Å²) in [7, 11) is 1.78. The molecule has 148 valence electrons. The lowest BCUT2D eigenvalue weighted by molar-refractivity contribution is -0.221. The number of likely N-dealkylation sites (tertiary alicyclic amines) is 1. The Kier molecular flexibility index (Phi) is 6.34. The van der Waals surface area contributed by atoms with Crippen molar-refractivity contribution in [3.8, 4) is 0 Å². The lowest BCUT2D eigenvalue weighted by atomic mass is 9.90. The molecule has 1 atom stereocenters. The Morgan fingerprint density at radius 1 is 1.26 bits per heavy atom. The van der Waals surface area contributed by atoms with Gasteiger partial charge < -0.3 is 24.0 Å². The van der Waals surface area contributed by atoms with Gasteiger partial charge in [-0.3, -0.25) is 4.79 Å². The number of benzene rings is 1. The third-order valence-corrected chi connectivity index (χ3v) is 5.25. The zero-order chi connectivity index (χ0) is 19.3. The fourth-order valence-electron chi connectivity index (χ4n) is 3.72. The van der Waals surface area contributed by atoms with E-state index in [1.807, 2.05) is 37.3 Å². The first kappa shape index (κ1) is 19.6. The summed E-state index contributed by atoms with van der Waals surface area (Å²) in [5.74, 6) is -0.760. The van der Waals surface area contributed by atoms with Crippen molar-refractivity contribution < 1.29 is 23.8 Å². The van der Waals surface area contributed by atoms with Crippen molar-refractivity contribution >= 4 is 12.0 Å². The summed E-state index contributed by atoms with van der Waals surface area (Å²) in [5.41, 5.74) is 0.951. The Balaban J connectivity index is 1.62. The number of nitrogens with zero attached hydrogens (tertiary/aromatic N) is 2. The molecule has 1 unspecified atom stereocenters. The van der Waals surface area contributed by atoms with E-state index in [-0.39, 0.29) is 24.5 Å². The zero-order valence-corrected chi connectivity index (χ0v) is 16.1. The van der Waals surface area contributed by atoms with Crippen LogP contribution in [0.2, 0.25) is 0 Å². The highest BCUT2D eigenvalue weighted by atomic mass is 16.7. The summed E-state index contributed by atoms with van der Waals surface area (Å²) in [6, 6.07) is 9.60. The summed E-state index contributed by atoms with van der Waals surface area (Å²) in [6.07, 6.45) is 0.675. The topological polar surface area (TPSA) is 68.3 Å². The lowest BCUT2D eigenvalue weighted by Crippen LogP contribution is -2.57. The van der Waals surface area contributed by atoms with Gasteiger partial charge in [-0.1, -0.05) is 37.3 Å². The lowest BCUT2D eigenvalue weighted by Gasteiger charge is -2.44. The van der Waals surface area contributed by atoms with Crippen LogP contribution in [-0.2, 0) is 25.6 Å². The molecule has 2 heterocycles. The molecule has 7 nitrogen and oxygen atoms in total. The van der Waals surface area contributed by atoms with Crippen molar-refractivity contribution in [2.45, 2.75) is 32.2 Å². The van der Waals surface area contributed by atoms with Crippen LogP contribution >= 0.6 is 0 Å². The molecule has 0 radical (unpaired) electrons. The fourth-order valence-corrected chi connectivity index (χ4v) is 3.72. The van der Waals surface area contributed by atoms with Gasteiger partial charge in [0, 0.05) is 45.4 Å². The standard InChI is InChI=1S/C20H28N2O5/c1-3-18(23)21(2)13-17-14-22(10-9-20(17)26-11-12-27-20)19(24)25-15-16-7-5-4-6-8-16/h4-8,17H,3,9-15H2,1-2H3. The SMILES string of the molecule is CCC(=O)N(C)CC1CN(C(=O)OCc2ccccc2)CCC12OCCO2. The number of carbonyl (C=O) groups excluding carboxylic acids is 2. The van der Waals surface area contributed by atoms with Crippen LogP contribution in [0.4, 0.5) is 4.79 Å². The molecule has 2 saturated heterocycles. The second kappa shape index (κ2) is 8.71. The van der Waals surface area contributed by atoms with Crippen LogP contribution in [0.15, 0.2) is 30.3 Å². The van der Waals surface area contributed by atoms with Gasteiger partial charge >= 0.3 is 6.09 Å². The van der Waals surface area contributed by atoms with E-state index in [0.717, 1.165) is 5.56 Å². The van der Waals surface area contributed by atoms with Gasteiger partial charge in [0.25, 0.3) is 0 Å². The van der Waals surface area contributed by atoms with Gasteiger partial charge in [-0.2, -0.15) is 0 Å². The second-order valence-corrected chi connectivity index (χ2v) is 7.07. The second-order valence-electron chi connectivity index (χ2n) is 7.07. The van der Waals surface area contributed by atoms with E-state index < -0.39 is 5.79 Å². The molecule has 0 N–H and O–H groups in total. The molecule has 1 spiro atoms.